The molecule has 2 aromatic carbocycles. The van der Waals surface area contributed by atoms with E-state index < -0.39 is 12.2 Å². The minimum Gasteiger partial charge on any atom is -0.490 e. The lowest BCUT2D eigenvalue weighted by Crippen LogP contribution is -2.28. The lowest BCUT2D eigenvalue weighted by atomic mass is 10.1. The summed E-state index contributed by atoms with van der Waals surface area (Å²) in [6.45, 7) is 10.2. The predicted octanol–water partition coefficient (Wildman–Crippen LogP) is 4.81. The second kappa shape index (κ2) is 13.0. The molecule has 0 saturated heterocycles. The van der Waals surface area contributed by atoms with E-state index in [2.05, 4.69) is 43.1 Å². The maximum Gasteiger partial charge on any atom is 0.342 e. The fraction of sp³-hybridized carbons (Fsp3) is 0.385. The number of rotatable bonds is 4. The Labute approximate surface area is 199 Å². The molecule has 3 rings (SSSR count). The summed E-state index contributed by atoms with van der Waals surface area (Å²) >= 11 is 0. The highest BCUT2D eigenvalue weighted by Gasteiger charge is 2.16. The van der Waals surface area contributed by atoms with Gasteiger partial charge in [0.1, 0.15) is 18.1 Å². The van der Waals surface area contributed by atoms with Gasteiger partial charge in [0, 0.05) is 12.4 Å². The molecule has 0 aliphatic carbocycles. The zero-order valence-corrected chi connectivity index (χ0v) is 20.8. The summed E-state index contributed by atoms with van der Waals surface area (Å²) in [6, 6.07) is 12.2. The van der Waals surface area contributed by atoms with Crippen molar-refractivity contribution < 1.29 is 23.7 Å². The largest absolute Gasteiger partial charge is 0.490 e. The maximum atomic E-state index is 12.2. The molecule has 0 bridgehead atoms. The van der Waals surface area contributed by atoms with E-state index in [9.17, 15) is 18.7 Å². The monoisotopic (exact) mass is 476 g/mol. The molecule has 34 heavy (non-hydrogen) atoms. The van der Waals surface area contributed by atoms with E-state index in [0.29, 0.717) is 11.4 Å². The van der Waals surface area contributed by atoms with Crippen LogP contribution >= 0.6 is 0 Å². The topological polar surface area (TPSA) is 84.6 Å². The molecule has 0 amide bonds. The van der Waals surface area contributed by atoms with Crippen molar-refractivity contribution in [1.82, 2.24) is 9.55 Å². The number of halogens is 2. The number of alkyl halides is 2. The predicted molar refractivity (Wildman–Crippen MR) is 130 cm³/mol. The van der Waals surface area contributed by atoms with Gasteiger partial charge in [-0.3, -0.25) is 14.3 Å². The van der Waals surface area contributed by atoms with Crippen LogP contribution in [0.15, 0.2) is 53.6 Å². The van der Waals surface area contributed by atoms with Crippen molar-refractivity contribution in [1.29, 1.82) is 0 Å². The zero-order valence-electron chi connectivity index (χ0n) is 20.8. The smallest absolute Gasteiger partial charge is 0.342 e. The number of aryl methyl sites for hydroxylation is 3. The van der Waals surface area contributed by atoms with Gasteiger partial charge in [-0.2, -0.15) is 8.78 Å². The second-order valence-corrected chi connectivity index (χ2v) is 8.55. The summed E-state index contributed by atoms with van der Waals surface area (Å²) in [5.74, 6) is 0.710. The standard InChI is InChI=1S/C17H22N2O3.C8H10.CH2F2O/c1-11-12(2)15(22-10-17(4,5)21)7-6-14(11)19-9-8-18-13(3)16(19)20;1-7-3-5-8(2)6-4-7;2-1(3)4/h6-9,21H,10H2,1-5H3;3-6H,1-2H3;1,4H. The first kappa shape index (κ1) is 28.9. The first-order chi connectivity index (χ1) is 15.7. The molecular weight excluding hydrogens is 442 g/mol. The fourth-order valence-electron chi connectivity index (χ4n) is 2.79. The van der Waals surface area contributed by atoms with Crippen molar-refractivity contribution >= 4 is 0 Å². The molecule has 186 valence electrons. The van der Waals surface area contributed by atoms with Crippen LogP contribution in [0.5, 0.6) is 5.75 Å². The number of aromatic nitrogens is 2. The van der Waals surface area contributed by atoms with E-state index >= 15 is 0 Å². The fourth-order valence-corrected chi connectivity index (χ4v) is 2.79. The van der Waals surface area contributed by atoms with Gasteiger partial charge in [0.25, 0.3) is 5.56 Å². The third-order valence-electron chi connectivity index (χ3n) is 4.78. The lowest BCUT2D eigenvalue weighted by molar-refractivity contribution is -0.0728. The van der Waals surface area contributed by atoms with Gasteiger partial charge in [0.05, 0.1) is 11.3 Å². The van der Waals surface area contributed by atoms with E-state index in [4.69, 9.17) is 9.84 Å². The first-order valence-corrected chi connectivity index (χ1v) is 10.7. The van der Waals surface area contributed by atoms with Gasteiger partial charge in [-0.15, -0.1) is 0 Å². The van der Waals surface area contributed by atoms with Gasteiger partial charge in [-0.25, -0.2) is 0 Å². The quantitative estimate of drug-likeness (QED) is 0.564. The summed E-state index contributed by atoms with van der Waals surface area (Å²) < 4.78 is 27.0. The molecule has 8 heteroatoms. The van der Waals surface area contributed by atoms with Gasteiger partial charge in [-0.05, 0) is 71.7 Å². The average molecular weight is 477 g/mol. The van der Waals surface area contributed by atoms with Crippen LogP contribution in [0, 0.1) is 34.6 Å². The highest BCUT2D eigenvalue weighted by molar-refractivity contribution is 5.51. The Morgan fingerprint density at radius 2 is 1.47 bits per heavy atom. The molecule has 0 unspecified atom stereocenters. The van der Waals surface area contributed by atoms with E-state index in [0.717, 1.165) is 16.8 Å². The number of nitrogens with zero attached hydrogens (tertiary/aromatic N) is 2. The molecule has 2 N–H and O–H groups in total. The van der Waals surface area contributed by atoms with Crippen LogP contribution in [-0.2, 0) is 0 Å². The van der Waals surface area contributed by atoms with Crippen molar-refractivity contribution in [2.45, 2.75) is 60.7 Å². The number of hydrogen-bond acceptors (Lipinski definition) is 5. The molecule has 0 atom stereocenters. The Morgan fingerprint density at radius 3 is 1.94 bits per heavy atom. The number of benzene rings is 2. The van der Waals surface area contributed by atoms with Crippen molar-refractivity contribution in [3.8, 4) is 11.4 Å². The Balaban J connectivity index is 0.000000395. The van der Waals surface area contributed by atoms with Crippen LogP contribution < -0.4 is 10.3 Å². The normalized spacial score (nSPS) is 10.7. The highest BCUT2D eigenvalue weighted by atomic mass is 19.3. The molecule has 0 spiro atoms. The summed E-state index contributed by atoms with van der Waals surface area (Å²) in [7, 11) is 0. The van der Waals surface area contributed by atoms with Crippen LogP contribution in [0.3, 0.4) is 0 Å². The minimum absolute atomic E-state index is 0.129. The number of aliphatic hydroxyl groups is 2. The summed E-state index contributed by atoms with van der Waals surface area (Å²) in [5.41, 5.74) is 4.81. The Hall–Kier alpha value is -3.10. The SMILES string of the molecule is Cc1c(OCC(C)(C)O)ccc(-n2ccnc(C)c2=O)c1C.Cc1ccc(C)cc1.OC(F)F. The van der Waals surface area contributed by atoms with Crippen LogP contribution in [0.1, 0.15) is 41.8 Å². The van der Waals surface area contributed by atoms with Gasteiger partial charge in [0.15, 0.2) is 0 Å². The highest BCUT2D eigenvalue weighted by Crippen LogP contribution is 2.26. The molecule has 1 aromatic heterocycles. The van der Waals surface area contributed by atoms with E-state index in [1.807, 2.05) is 26.0 Å². The molecular formula is C26H34F2N2O4. The number of aliphatic hydroxyl groups excluding tert-OH is 1. The molecule has 1 heterocycles. The minimum atomic E-state index is -3.17. The van der Waals surface area contributed by atoms with E-state index in [-0.39, 0.29) is 12.2 Å². The van der Waals surface area contributed by atoms with Crippen LogP contribution in [-0.4, -0.2) is 38.6 Å². The molecule has 0 fully saturated rings. The lowest BCUT2D eigenvalue weighted by Gasteiger charge is -2.20. The second-order valence-electron chi connectivity index (χ2n) is 8.55. The first-order valence-electron chi connectivity index (χ1n) is 10.7. The zero-order chi connectivity index (χ0) is 26.1. The molecule has 3 aromatic rings. The van der Waals surface area contributed by atoms with Crippen molar-refractivity contribution in [3.05, 3.63) is 87.1 Å². The van der Waals surface area contributed by atoms with E-state index in [1.165, 1.54) is 11.1 Å². The summed E-state index contributed by atoms with van der Waals surface area (Å²) in [6.07, 6.45) is 3.28. The Kier molecular flexibility index (Phi) is 11.0. The van der Waals surface area contributed by atoms with Gasteiger partial charge >= 0.3 is 6.61 Å². The van der Waals surface area contributed by atoms with Gasteiger partial charge in [-0.1, -0.05) is 35.4 Å². The van der Waals surface area contributed by atoms with Gasteiger partial charge in [0.2, 0.25) is 0 Å². The molecule has 0 saturated carbocycles. The van der Waals surface area contributed by atoms with Crippen LogP contribution in [0.25, 0.3) is 5.69 Å². The van der Waals surface area contributed by atoms with Crippen LogP contribution in [0.4, 0.5) is 8.78 Å². The number of hydrogen-bond donors (Lipinski definition) is 2. The van der Waals surface area contributed by atoms with Crippen molar-refractivity contribution in [2.75, 3.05) is 6.61 Å². The summed E-state index contributed by atoms with van der Waals surface area (Å²) in [4.78, 5) is 16.2. The summed E-state index contributed by atoms with van der Waals surface area (Å²) in [5, 5.41) is 16.5. The van der Waals surface area contributed by atoms with Gasteiger partial charge < -0.3 is 14.9 Å². The third-order valence-corrected chi connectivity index (χ3v) is 4.78. The number of ether oxygens (including phenoxy) is 1. The molecule has 0 radical (unpaired) electrons. The Morgan fingerprint density at radius 1 is 0.971 bits per heavy atom. The van der Waals surface area contributed by atoms with Crippen molar-refractivity contribution in [3.63, 3.8) is 0 Å². The Bertz CT molecular complexity index is 1080. The molecule has 0 aliphatic rings. The van der Waals surface area contributed by atoms with E-state index in [1.54, 1.807) is 37.7 Å². The van der Waals surface area contributed by atoms with Crippen molar-refractivity contribution in [2.24, 2.45) is 0 Å². The molecule has 0 aliphatic heterocycles. The molecule has 6 nitrogen and oxygen atoms in total. The maximum absolute atomic E-state index is 12.2. The average Bonchev–Trinajstić information content (AvgIpc) is 2.73. The third kappa shape index (κ3) is 9.80. The van der Waals surface area contributed by atoms with Crippen LogP contribution in [0.2, 0.25) is 0 Å².